The van der Waals surface area contributed by atoms with Crippen LogP contribution in [0, 0.1) is 17.1 Å². The van der Waals surface area contributed by atoms with Gasteiger partial charge in [-0.3, -0.25) is 0 Å². The van der Waals surface area contributed by atoms with Crippen LogP contribution in [0.15, 0.2) is 6.07 Å². The maximum Gasteiger partial charge on any atom is 0.410 e. The van der Waals surface area contributed by atoms with E-state index in [2.05, 4.69) is 11.1 Å². The molecule has 1 saturated heterocycles. The molecule has 0 radical (unpaired) electrons. The number of nitriles is 1. The number of piperidine rings is 1. The van der Waals surface area contributed by atoms with Crippen molar-refractivity contribution in [2.45, 2.75) is 64.5 Å². The van der Waals surface area contributed by atoms with Gasteiger partial charge in [0.15, 0.2) is 0 Å². The Balaban J connectivity index is 1.68. The van der Waals surface area contributed by atoms with E-state index >= 15 is 4.39 Å². The van der Waals surface area contributed by atoms with Gasteiger partial charge in [0.1, 0.15) is 17.5 Å². The summed E-state index contributed by atoms with van der Waals surface area (Å²) < 4.78 is 20.8. The van der Waals surface area contributed by atoms with Gasteiger partial charge in [-0.25, -0.2) is 9.18 Å². The number of hydrogen-bond donors (Lipinski definition) is 1. The van der Waals surface area contributed by atoms with Crippen LogP contribution in [0.25, 0.3) is 10.9 Å². The number of hydrogen-bond acceptors (Lipinski definition) is 4. The number of nitrogens with one attached hydrogen (secondary N) is 1. The minimum atomic E-state index is -0.559. The monoisotopic (exact) mass is 412 g/mol. The Labute approximate surface area is 176 Å². The Morgan fingerprint density at radius 3 is 2.83 bits per heavy atom. The number of aromatic amines is 1. The lowest BCUT2D eigenvalue weighted by Crippen LogP contribution is -2.50. The van der Waals surface area contributed by atoms with Crippen LogP contribution in [-0.2, 0) is 17.6 Å². The third-order valence-corrected chi connectivity index (χ3v) is 6.11. The second kappa shape index (κ2) is 7.50. The summed E-state index contributed by atoms with van der Waals surface area (Å²) >= 11 is 0. The van der Waals surface area contributed by atoms with Crippen molar-refractivity contribution in [2.75, 3.05) is 25.0 Å². The lowest BCUT2D eigenvalue weighted by molar-refractivity contribution is 0.0210. The standard InChI is InChI=1S/C23H29FN4O2/c1-23(2,3)30-22(29)27(4)15-7-6-10-28(13-15)21-17(24)11-14(12-25)20-19(21)16-8-5-9-18(16)26-20/h11,15,26H,5-10,13H2,1-4H3/t15-/m0/s1. The van der Waals surface area contributed by atoms with Gasteiger partial charge in [0.25, 0.3) is 0 Å². The molecule has 2 aromatic rings. The van der Waals surface area contributed by atoms with Gasteiger partial charge in [-0.15, -0.1) is 0 Å². The number of anilines is 1. The Morgan fingerprint density at radius 1 is 1.37 bits per heavy atom. The number of H-pyrrole nitrogens is 1. The predicted molar refractivity (Wildman–Crippen MR) is 114 cm³/mol. The molecule has 0 spiro atoms. The minimum absolute atomic E-state index is 0.0642. The predicted octanol–water partition coefficient (Wildman–Crippen LogP) is 4.50. The molecule has 2 aliphatic rings. The highest BCUT2D eigenvalue weighted by molar-refractivity contribution is 6.00. The van der Waals surface area contributed by atoms with Gasteiger partial charge in [0, 0.05) is 31.2 Å². The molecule has 1 aliphatic heterocycles. The summed E-state index contributed by atoms with van der Waals surface area (Å²) in [7, 11) is 1.75. The molecule has 6 nitrogen and oxygen atoms in total. The molecular weight excluding hydrogens is 383 g/mol. The summed E-state index contributed by atoms with van der Waals surface area (Å²) in [6.45, 7) is 6.80. The van der Waals surface area contributed by atoms with Crippen LogP contribution >= 0.6 is 0 Å². The van der Waals surface area contributed by atoms with Crippen molar-refractivity contribution in [3.05, 3.63) is 28.7 Å². The summed E-state index contributed by atoms with van der Waals surface area (Å²) in [5.74, 6) is -0.367. The first-order chi connectivity index (χ1) is 14.2. The van der Waals surface area contributed by atoms with Gasteiger partial charge < -0.3 is 19.5 Å². The van der Waals surface area contributed by atoms with Crippen molar-refractivity contribution in [3.8, 4) is 6.07 Å². The summed E-state index contributed by atoms with van der Waals surface area (Å²) in [5, 5.41) is 10.4. The van der Waals surface area contributed by atoms with Crippen LogP contribution in [0.4, 0.5) is 14.9 Å². The molecule has 160 valence electrons. The Hall–Kier alpha value is -2.75. The molecule has 0 saturated carbocycles. The van der Waals surface area contributed by atoms with Crippen LogP contribution in [0.3, 0.4) is 0 Å². The van der Waals surface area contributed by atoms with E-state index < -0.39 is 5.60 Å². The average Bonchev–Trinajstić information content (AvgIpc) is 3.27. The van der Waals surface area contributed by atoms with Gasteiger partial charge in [0.05, 0.1) is 22.8 Å². The minimum Gasteiger partial charge on any atom is -0.444 e. The summed E-state index contributed by atoms with van der Waals surface area (Å²) in [5.41, 5.74) is 3.34. The third kappa shape index (κ3) is 3.60. The molecule has 1 aromatic carbocycles. The zero-order valence-electron chi connectivity index (χ0n) is 18.1. The smallest absolute Gasteiger partial charge is 0.410 e. The molecule has 1 atom stereocenters. The number of ether oxygens (including phenoxy) is 1. The second-order valence-electron chi connectivity index (χ2n) is 9.39. The Kier molecular flexibility index (Phi) is 5.13. The van der Waals surface area contributed by atoms with Gasteiger partial charge in [-0.2, -0.15) is 5.26 Å². The van der Waals surface area contributed by atoms with Crippen molar-refractivity contribution in [2.24, 2.45) is 0 Å². The molecule has 1 fully saturated rings. The number of fused-ring (bicyclic) bond motifs is 3. The average molecular weight is 413 g/mol. The van der Waals surface area contributed by atoms with Crippen molar-refractivity contribution < 1.29 is 13.9 Å². The van der Waals surface area contributed by atoms with E-state index in [0.29, 0.717) is 17.8 Å². The quantitative estimate of drug-likeness (QED) is 0.788. The van der Waals surface area contributed by atoms with Crippen molar-refractivity contribution in [1.29, 1.82) is 5.26 Å². The number of carbonyl (C=O) groups excluding carboxylic acids is 1. The number of benzene rings is 1. The van der Waals surface area contributed by atoms with Crippen molar-refractivity contribution in [3.63, 3.8) is 0 Å². The number of likely N-dealkylation sites (N-methyl/N-ethyl adjacent to an activating group) is 1. The van der Waals surface area contributed by atoms with Gasteiger partial charge >= 0.3 is 6.09 Å². The van der Waals surface area contributed by atoms with E-state index in [1.54, 1.807) is 11.9 Å². The molecule has 4 rings (SSSR count). The number of rotatable bonds is 2. The largest absolute Gasteiger partial charge is 0.444 e. The van der Waals surface area contributed by atoms with E-state index in [9.17, 15) is 10.1 Å². The maximum absolute atomic E-state index is 15.3. The van der Waals surface area contributed by atoms with Gasteiger partial charge in [-0.05, 0) is 64.5 Å². The van der Waals surface area contributed by atoms with E-state index in [1.807, 2.05) is 25.7 Å². The number of amides is 1. The second-order valence-corrected chi connectivity index (χ2v) is 9.39. The van der Waals surface area contributed by atoms with Crippen LogP contribution in [0.1, 0.15) is 56.9 Å². The summed E-state index contributed by atoms with van der Waals surface area (Å²) in [6.07, 6.45) is 4.21. The molecule has 1 aromatic heterocycles. The fourth-order valence-corrected chi connectivity index (χ4v) is 4.73. The first-order valence-electron chi connectivity index (χ1n) is 10.7. The van der Waals surface area contributed by atoms with Crippen LogP contribution < -0.4 is 4.90 Å². The first-order valence-corrected chi connectivity index (χ1v) is 10.7. The molecular formula is C23H29FN4O2. The number of aryl methyl sites for hydroxylation is 2. The highest BCUT2D eigenvalue weighted by atomic mass is 19.1. The molecule has 1 N–H and O–H groups in total. The van der Waals surface area contributed by atoms with Crippen molar-refractivity contribution in [1.82, 2.24) is 9.88 Å². The number of halogens is 1. The number of nitrogens with zero attached hydrogens (tertiary/aromatic N) is 3. The van der Waals surface area contributed by atoms with Crippen LogP contribution in [0.2, 0.25) is 0 Å². The molecule has 30 heavy (non-hydrogen) atoms. The zero-order chi connectivity index (χ0) is 21.6. The lowest BCUT2D eigenvalue weighted by Gasteiger charge is -2.39. The molecule has 2 heterocycles. The normalized spacial score (nSPS) is 18.9. The Morgan fingerprint density at radius 2 is 2.13 bits per heavy atom. The topological polar surface area (TPSA) is 72.4 Å². The maximum atomic E-state index is 15.3. The summed E-state index contributed by atoms with van der Waals surface area (Å²) in [6, 6.07) is 3.41. The number of carbonyl (C=O) groups is 1. The van der Waals surface area contributed by atoms with Crippen LogP contribution in [0.5, 0.6) is 0 Å². The molecule has 1 aliphatic carbocycles. The third-order valence-electron chi connectivity index (χ3n) is 6.11. The van der Waals surface area contributed by atoms with Crippen molar-refractivity contribution >= 4 is 22.7 Å². The molecule has 7 heteroatoms. The first kappa shape index (κ1) is 20.5. The molecule has 0 unspecified atom stereocenters. The molecule has 1 amide bonds. The van der Waals surface area contributed by atoms with Gasteiger partial charge in [-0.1, -0.05) is 0 Å². The molecule has 0 bridgehead atoms. The zero-order valence-corrected chi connectivity index (χ0v) is 18.1. The van der Waals surface area contributed by atoms with E-state index in [1.165, 1.54) is 6.07 Å². The van der Waals surface area contributed by atoms with E-state index in [-0.39, 0.29) is 18.0 Å². The van der Waals surface area contributed by atoms with Crippen LogP contribution in [-0.4, -0.2) is 47.8 Å². The number of aromatic nitrogens is 1. The fourth-order valence-electron chi connectivity index (χ4n) is 4.73. The highest BCUT2D eigenvalue weighted by Gasteiger charge is 2.32. The SMILES string of the molecule is CN(C(=O)OC(C)(C)C)[C@H]1CCCN(c2c(F)cc(C#N)c3[nH]c4c(c23)CCC4)C1. The van der Waals surface area contributed by atoms with E-state index in [4.69, 9.17) is 4.74 Å². The van der Waals surface area contributed by atoms with E-state index in [0.717, 1.165) is 60.8 Å². The van der Waals surface area contributed by atoms with Gasteiger partial charge in [0.2, 0.25) is 0 Å². The highest BCUT2D eigenvalue weighted by Crippen LogP contribution is 2.40. The lowest BCUT2D eigenvalue weighted by atomic mass is 10.00. The summed E-state index contributed by atoms with van der Waals surface area (Å²) in [4.78, 5) is 19.6. The fraction of sp³-hybridized carbons (Fsp3) is 0.565. The Bertz CT molecular complexity index is 1030.